The highest BCUT2D eigenvalue weighted by Gasteiger charge is 2.10. The van der Waals surface area contributed by atoms with Gasteiger partial charge in [0.05, 0.1) is 6.07 Å². The Bertz CT molecular complexity index is 175. The van der Waals surface area contributed by atoms with Crippen LogP contribution < -0.4 is 0 Å². The number of alkyl halides is 1. The minimum Gasteiger partial charge on any atom is -0.302 e. The van der Waals surface area contributed by atoms with E-state index < -0.39 is 0 Å². The second kappa shape index (κ2) is 8.26. The van der Waals surface area contributed by atoms with Crippen molar-refractivity contribution in [1.82, 2.24) is 4.90 Å². The average Bonchev–Trinajstić information content (AvgIpc) is 2.13. The lowest BCUT2D eigenvalue weighted by molar-refractivity contribution is 0.225. The first kappa shape index (κ1) is 13.9. The molecule has 0 radical (unpaired) electrons. The summed E-state index contributed by atoms with van der Waals surface area (Å²) in [5.41, 5.74) is 0. The highest BCUT2D eigenvalue weighted by atomic mass is 79.9. The molecule has 0 aliphatic rings. The highest BCUT2D eigenvalue weighted by Crippen LogP contribution is 2.07. The van der Waals surface area contributed by atoms with Crippen molar-refractivity contribution in [3.63, 3.8) is 0 Å². The van der Waals surface area contributed by atoms with E-state index in [9.17, 15) is 0 Å². The van der Waals surface area contributed by atoms with Crippen LogP contribution in [0.1, 0.15) is 27.2 Å². The van der Waals surface area contributed by atoms with Crippen LogP contribution in [0.25, 0.3) is 0 Å². The normalized spacial score (nSPS) is 13.2. The first-order chi connectivity index (χ1) is 6.60. The molecule has 0 heterocycles. The molecule has 0 aliphatic carbocycles. The quantitative estimate of drug-likeness (QED) is 0.659. The van der Waals surface area contributed by atoms with Gasteiger partial charge in [-0.1, -0.05) is 36.7 Å². The molecule has 2 nitrogen and oxygen atoms in total. The summed E-state index contributed by atoms with van der Waals surface area (Å²) in [7, 11) is 0. The van der Waals surface area contributed by atoms with E-state index in [1.54, 1.807) is 0 Å². The maximum absolute atomic E-state index is 8.55. The number of hydrogen-bond acceptors (Lipinski definition) is 2. The summed E-state index contributed by atoms with van der Waals surface area (Å²) in [5.74, 6) is 1.34. The number of halogens is 1. The van der Waals surface area contributed by atoms with Crippen LogP contribution in [0.3, 0.4) is 0 Å². The van der Waals surface area contributed by atoms with E-state index in [0.717, 1.165) is 25.0 Å². The predicted molar refractivity (Wildman–Crippen MR) is 64.5 cm³/mol. The Kier molecular flexibility index (Phi) is 8.21. The van der Waals surface area contributed by atoms with Crippen molar-refractivity contribution in [2.45, 2.75) is 27.2 Å². The summed E-state index contributed by atoms with van der Waals surface area (Å²) >= 11 is 3.49. The molecular weight excluding hydrogens is 240 g/mol. The Hall–Kier alpha value is -0.0700. The van der Waals surface area contributed by atoms with Crippen LogP contribution >= 0.6 is 15.9 Å². The first-order valence-corrected chi connectivity index (χ1v) is 6.37. The van der Waals surface area contributed by atoms with E-state index in [2.05, 4.69) is 47.7 Å². The Morgan fingerprint density at radius 2 is 1.93 bits per heavy atom. The van der Waals surface area contributed by atoms with Crippen molar-refractivity contribution >= 4 is 15.9 Å². The van der Waals surface area contributed by atoms with Gasteiger partial charge < -0.3 is 4.90 Å². The largest absolute Gasteiger partial charge is 0.302 e. The fourth-order valence-corrected chi connectivity index (χ4v) is 1.68. The zero-order valence-electron chi connectivity index (χ0n) is 9.46. The third-order valence-electron chi connectivity index (χ3n) is 2.00. The molecule has 0 bridgehead atoms. The number of nitrogens with zero attached hydrogens (tertiary/aromatic N) is 2. The molecule has 0 aromatic rings. The smallest absolute Gasteiger partial charge is 0.0635 e. The summed E-state index contributed by atoms with van der Waals surface area (Å²) in [5, 5.41) is 9.59. The van der Waals surface area contributed by atoms with Crippen molar-refractivity contribution in [1.29, 1.82) is 5.26 Å². The van der Waals surface area contributed by atoms with Crippen LogP contribution in [0.15, 0.2) is 0 Å². The SMILES string of the molecule is CC(C)CN(CCC#N)CC(C)CBr. The van der Waals surface area contributed by atoms with E-state index in [0.29, 0.717) is 18.3 Å². The third-order valence-corrected chi connectivity index (χ3v) is 3.10. The lowest BCUT2D eigenvalue weighted by Crippen LogP contribution is -2.33. The van der Waals surface area contributed by atoms with Gasteiger partial charge in [0.15, 0.2) is 0 Å². The Morgan fingerprint density at radius 3 is 2.36 bits per heavy atom. The molecule has 0 aromatic heterocycles. The van der Waals surface area contributed by atoms with Gasteiger partial charge in [0.1, 0.15) is 0 Å². The lowest BCUT2D eigenvalue weighted by Gasteiger charge is -2.25. The van der Waals surface area contributed by atoms with E-state index in [1.807, 2.05) is 0 Å². The predicted octanol–water partition coefficient (Wildman–Crippen LogP) is 2.89. The molecule has 0 saturated carbocycles. The molecule has 3 heteroatoms. The first-order valence-electron chi connectivity index (χ1n) is 5.25. The van der Waals surface area contributed by atoms with Gasteiger partial charge >= 0.3 is 0 Å². The molecule has 1 unspecified atom stereocenters. The fourth-order valence-electron chi connectivity index (χ4n) is 1.47. The zero-order chi connectivity index (χ0) is 11.0. The Labute approximate surface area is 96.4 Å². The molecule has 14 heavy (non-hydrogen) atoms. The molecule has 1 atom stereocenters. The lowest BCUT2D eigenvalue weighted by atomic mass is 10.1. The molecule has 0 spiro atoms. The van der Waals surface area contributed by atoms with Crippen molar-refractivity contribution in [3.8, 4) is 6.07 Å². The minimum absolute atomic E-state index is 0.641. The zero-order valence-corrected chi connectivity index (χ0v) is 11.0. The van der Waals surface area contributed by atoms with Gasteiger partial charge in [-0.25, -0.2) is 0 Å². The molecule has 0 aromatic carbocycles. The molecular formula is C11H21BrN2. The third kappa shape index (κ3) is 7.34. The van der Waals surface area contributed by atoms with Crippen LogP contribution in [0.2, 0.25) is 0 Å². The number of hydrogen-bond donors (Lipinski definition) is 0. The molecule has 0 rings (SSSR count). The number of rotatable bonds is 7. The van der Waals surface area contributed by atoms with Crippen molar-refractivity contribution in [3.05, 3.63) is 0 Å². The molecule has 0 N–H and O–H groups in total. The Balaban J connectivity index is 3.91. The molecule has 82 valence electrons. The van der Waals surface area contributed by atoms with Gasteiger partial charge in [0, 0.05) is 31.4 Å². The molecule has 0 saturated heterocycles. The summed E-state index contributed by atoms with van der Waals surface area (Å²) < 4.78 is 0. The minimum atomic E-state index is 0.641. The van der Waals surface area contributed by atoms with E-state index in [1.165, 1.54) is 0 Å². The van der Waals surface area contributed by atoms with Crippen molar-refractivity contribution < 1.29 is 0 Å². The van der Waals surface area contributed by atoms with Gasteiger partial charge in [-0.2, -0.15) is 5.26 Å². The van der Waals surface area contributed by atoms with Gasteiger partial charge in [-0.05, 0) is 11.8 Å². The van der Waals surface area contributed by atoms with Crippen LogP contribution in [0.5, 0.6) is 0 Å². The van der Waals surface area contributed by atoms with Crippen molar-refractivity contribution in [2.24, 2.45) is 11.8 Å². The maximum atomic E-state index is 8.55. The van der Waals surface area contributed by atoms with Gasteiger partial charge in [0.2, 0.25) is 0 Å². The van der Waals surface area contributed by atoms with Crippen molar-refractivity contribution in [2.75, 3.05) is 25.0 Å². The van der Waals surface area contributed by atoms with Crippen LogP contribution in [-0.4, -0.2) is 29.9 Å². The van der Waals surface area contributed by atoms with Crippen LogP contribution in [0, 0.1) is 23.2 Å². The van der Waals surface area contributed by atoms with Gasteiger partial charge in [-0.15, -0.1) is 0 Å². The summed E-state index contributed by atoms with van der Waals surface area (Å²) in [6.07, 6.45) is 0.641. The molecule has 0 aliphatic heterocycles. The van der Waals surface area contributed by atoms with Gasteiger partial charge in [0.25, 0.3) is 0 Å². The number of nitriles is 1. The Morgan fingerprint density at radius 1 is 1.29 bits per heavy atom. The second-order valence-corrected chi connectivity index (χ2v) is 4.97. The maximum Gasteiger partial charge on any atom is 0.0635 e. The monoisotopic (exact) mass is 260 g/mol. The summed E-state index contributed by atoms with van der Waals surface area (Å²) in [6, 6.07) is 2.21. The second-order valence-electron chi connectivity index (χ2n) is 4.32. The summed E-state index contributed by atoms with van der Waals surface area (Å²) in [4.78, 5) is 2.39. The van der Waals surface area contributed by atoms with Gasteiger partial charge in [-0.3, -0.25) is 0 Å². The molecule has 0 fully saturated rings. The standard InChI is InChI=1S/C11H21BrN2/c1-10(2)8-14(6-4-5-13)9-11(3)7-12/h10-11H,4,6-9H2,1-3H3. The van der Waals surface area contributed by atoms with E-state index >= 15 is 0 Å². The van der Waals surface area contributed by atoms with E-state index in [-0.39, 0.29) is 0 Å². The topological polar surface area (TPSA) is 27.0 Å². The highest BCUT2D eigenvalue weighted by molar-refractivity contribution is 9.09. The van der Waals surface area contributed by atoms with Crippen LogP contribution in [0.4, 0.5) is 0 Å². The fraction of sp³-hybridized carbons (Fsp3) is 0.909. The van der Waals surface area contributed by atoms with E-state index in [4.69, 9.17) is 5.26 Å². The average molecular weight is 261 g/mol. The molecule has 0 amide bonds. The summed E-state index contributed by atoms with van der Waals surface area (Å²) in [6.45, 7) is 9.76. The van der Waals surface area contributed by atoms with Crippen LogP contribution in [-0.2, 0) is 0 Å².